The van der Waals surface area contributed by atoms with Gasteiger partial charge in [-0.15, -0.1) is 0 Å². The highest BCUT2D eigenvalue weighted by Crippen LogP contribution is 2.31. The van der Waals surface area contributed by atoms with Crippen LogP contribution in [0.15, 0.2) is 24.3 Å². The zero-order valence-electron chi connectivity index (χ0n) is 11.1. The predicted molar refractivity (Wildman–Crippen MR) is 71.8 cm³/mol. The molecule has 2 aliphatic rings. The van der Waals surface area contributed by atoms with Crippen molar-refractivity contribution in [1.29, 1.82) is 0 Å². The lowest BCUT2D eigenvalue weighted by molar-refractivity contribution is -0.133. The van der Waals surface area contributed by atoms with Crippen molar-refractivity contribution in [3.63, 3.8) is 0 Å². The summed E-state index contributed by atoms with van der Waals surface area (Å²) in [7, 11) is 0. The SMILES string of the molecule is CC1(N2C(=O)Cc3ccccc3C2=O)CCNCC1. The van der Waals surface area contributed by atoms with Crippen molar-refractivity contribution < 1.29 is 9.59 Å². The Morgan fingerprint density at radius 2 is 1.84 bits per heavy atom. The second-order valence-corrected chi connectivity index (χ2v) is 5.62. The second kappa shape index (κ2) is 4.46. The van der Waals surface area contributed by atoms with Crippen molar-refractivity contribution in [2.24, 2.45) is 0 Å². The van der Waals surface area contributed by atoms with Crippen LogP contribution in [-0.2, 0) is 11.2 Å². The Morgan fingerprint density at radius 1 is 1.16 bits per heavy atom. The van der Waals surface area contributed by atoms with Crippen LogP contribution in [0.25, 0.3) is 0 Å². The second-order valence-electron chi connectivity index (χ2n) is 5.62. The number of carbonyl (C=O) groups is 2. The summed E-state index contributed by atoms with van der Waals surface area (Å²) in [6.07, 6.45) is 1.99. The van der Waals surface area contributed by atoms with Gasteiger partial charge in [0.15, 0.2) is 0 Å². The zero-order chi connectivity index (χ0) is 13.5. The molecule has 1 saturated heterocycles. The van der Waals surface area contributed by atoms with Gasteiger partial charge >= 0.3 is 0 Å². The summed E-state index contributed by atoms with van der Waals surface area (Å²) in [4.78, 5) is 26.5. The van der Waals surface area contributed by atoms with Crippen molar-refractivity contribution in [1.82, 2.24) is 10.2 Å². The Kier molecular flexibility index (Phi) is 2.90. The van der Waals surface area contributed by atoms with E-state index in [1.807, 2.05) is 31.2 Å². The van der Waals surface area contributed by atoms with Gasteiger partial charge < -0.3 is 5.32 Å². The van der Waals surface area contributed by atoms with Crippen LogP contribution < -0.4 is 5.32 Å². The number of hydrogen-bond donors (Lipinski definition) is 1. The lowest BCUT2D eigenvalue weighted by Crippen LogP contribution is -2.59. The standard InChI is InChI=1S/C15H18N2O2/c1-15(6-8-16-9-7-15)17-13(18)10-11-4-2-3-5-12(11)14(17)19/h2-5,16H,6-10H2,1H3. The highest BCUT2D eigenvalue weighted by atomic mass is 16.2. The number of hydrogen-bond acceptors (Lipinski definition) is 3. The molecule has 0 bridgehead atoms. The molecule has 0 spiro atoms. The smallest absolute Gasteiger partial charge is 0.261 e. The largest absolute Gasteiger partial charge is 0.317 e. The van der Waals surface area contributed by atoms with Gasteiger partial charge in [0, 0.05) is 5.56 Å². The van der Waals surface area contributed by atoms with Crippen molar-refractivity contribution >= 4 is 11.8 Å². The fourth-order valence-electron chi connectivity index (χ4n) is 3.09. The molecule has 0 aliphatic carbocycles. The van der Waals surface area contributed by atoms with Gasteiger partial charge in [0.05, 0.1) is 12.0 Å². The molecular weight excluding hydrogens is 240 g/mol. The number of imide groups is 1. The van der Waals surface area contributed by atoms with E-state index in [0.717, 1.165) is 31.5 Å². The van der Waals surface area contributed by atoms with Gasteiger partial charge in [0.1, 0.15) is 0 Å². The molecule has 0 radical (unpaired) electrons. The molecule has 2 amide bonds. The molecule has 0 unspecified atom stereocenters. The average molecular weight is 258 g/mol. The van der Waals surface area contributed by atoms with E-state index in [-0.39, 0.29) is 17.4 Å². The molecule has 1 N–H and O–H groups in total. The zero-order valence-corrected chi connectivity index (χ0v) is 11.1. The third-order valence-electron chi connectivity index (χ3n) is 4.26. The van der Waals surface area contributed by atoms with E-state index >= 15 is 0 Å². The third-order valence-corrected chi connectivity index (χ3v) is 4.26. The highest BCUT2D eigenvalue weighted by Gasteiger charge is 2.43. The summed E-state index contributed by atoms with van der Waals surface area (Å²) in [5.41, 5.74) is 1.19. The summed E-state index contributed by atoms with van der Waals surface area (Å²) in [6, 6.07) is 7.42. The molecule has 3 rings (SSSR count). The van der Waals surface area contributed by atoms with Crippen LogP contribution in [-0.4, -0.2) is 35.3 Å². The van der Waals surface area contributed by atoms with E-state index in [4.69, 9.17) is 0 Å². The van der Waals surface area contributed by atoms with Gasteiger partial charge in [-0.2, -0.15) is 0 Å². The number of nitrogens with zero attached hydrogens (tertiary/aromatic N) is 1. The summed E-state index contributed by atoms with van der Waals surface area (Å²) in [5, 5.41) is 3.28. The molecule has 2 heterocycles. The van der Waals surface area contributed by atoms with Gasteiger partial charge in [-0.1, -0.05) is 18.2 Å². The number of fused-ring (bicyclic) bond motifs is 1. The van der Waals surface area contributed by atoms with Crippen molar-refractivity contribution in [3.8, 4) is 0 Å². The van der Waals surface area contributed by atoms with Crippen LogP contribution in [0.2, 0.25) is 0 Å². The van der Waals surface area contributed by atoms with Crippen molar-refractivity contribution in [2.45, 2.75) is 31.7 Å². The van der Waals surface area contributed by atoms with Crippen molar-refractivity contribution in [2.75, 3.05) is 13.1 Å². The van der Waals surface area contributed by atoms with Crippen LogP contribution >= 0.6 is 0 Å². The topological polar surface area (TPSA) is 49.4 Å². The van der Waals surface area contributed by atoms with Gasteiger partial charge in [0.2, 0.25) is 5.91 Å². The molecule has 4 nitrogen and oxygen atoms in total. The van der Waals surface area contributed by atoms with Crippen LogP contribution in [0.4, 0.5) is 0 Å². The highest BCUT2D eigenvalue weighted by molar-refractivity contribution is 6.10. The minimum atomic E-state index is -0.340. The monoisotopic (exact) mass is 258 g/mol. The van der Waals surface area contributed by atoms with E-state index in [1.165, 1.54) is 4.90 Å². The Balaban J connectivity index is 1.99. The van der Waals surface area contributed by atoms with E-state index in [2.05, 4.69) is 5.32 Å². The Hall–Kier alpha value is -1.68. The molecule has 4 heteroatoms. The molecule has 1 aromatic carbocycles. The molecule has 2 aliphatic heterocycles. The minimum Gasteiger partial charge on any atom is -0.317 e. The van der Waals surface area contributed by atoms with E-state index < -0.39 is 0 Å². The lowest BCUT2D eigenvalue weighted by Gasteiger charge is -2.44. The molecule has 19 heavy (non-hydrogen) atoms. The quantitative estimate of drug-likeness (QED) is 0.774. The molecule has 0 saturated carbocycles. The fraction of sp³-hybridized carbons (Fsp3) is 0.467. The number of nitrogens with one attached hydrogen (secondary N) is 1. The summed E-state index contributed by atoms with van der Waals surface area (Å²) in [6.45, 7) is 3.74. The summed E-state index contributed by atoms with van der Waals surface area (Å²) < 4.78 is 0. The Bertz CT molecular complexity index is 533. The number of amides is 2. The van der Waals surface area contributed by atoms with Crippen LogP contribution in [0.3, 0.4) is 0 Å². The van der Waals surface area contributed by atoms with Gasteiger partial charge in [-0.3, -0.25) is 14.5 Å². The number of carbonyl (C=O) groups excluding carboxylic acids is 2. The van der Waals surface area contributed by atoms with Crippen LogP contribution in [0, 0.1) is 0 Å². The van der Waals surface area contributed by atoms with E-state index in [0.29, 0.717) is 12.0 Å². The number of piperidine rings is 1. The Labute approximate surface area is 112 Å². The molecule has 1 fully saturated rings. The molecule has 0 aromatic heterocycles. The van der Waals surface area contributed by atoms with Crippen LogP contribution in [0.1, 0.15) is 35.7 Å². The fourth-order valence-corrected chi connectivity index (χ4v) is 3.09. The maximum Gasteiger partial charge on any atom is 0.261 e. The lowest BCUT2D eigenvalue weighted by atomic mass is 9.85. The summed E-state index contributed by atoms with van der Waals surface area (Å²) in [5.74, 6) is -0.190. The van der Waals surface area contributed by atoms with E-state index in [9.17, 15) is 9.59 Å². The first kappa shape index (κ1) is 12.4. The average Bonchev–Trinajstić information content (AvgIpc) is 2.39. The van der Waals surface area contributed by atoms with Crippen LogP contribution in [0.5, 0.6) is 0 Å². The van der Waals surface area contributed by atoms with Crippen molar-refractivity contribution in [3.05, 3.63) is 35.4 Å². The molecule has 0 atom stereocenters. The Morgan fingerprint density at radius 3 is 2.58 bits per heavy atom. The van der Waals surface area contributed by atoms with Gasteiger partial charge in [-0.05, 0) is 44.5 Å². The van der Waals surface area contributed by atoms with Gasteiger partial charge in [-0.25, -0.2) is 0 Å². The maximum atomic E-state index is 12.6. The first-order chi connectivity index (χ1) is 9.12. The third kappa shape index (κ3) is 1.96. The first-order valence-electron chi connectivity index (χ1n) is 6.78. The number of benzene rings is 1. The number of rotatable bonds is 1. The molecule has 1 aromatic rings. The summed E-state index contributed by atoms with van der Waals surface area (Å²) >= 11 is 0. The molecule has 100 valence electrons. The predicted octanol–water partition coefficient (Wildman–Crippen LogP) is 1.35. The minimum absolute atomic E-state index is 0.0619. The van der Waals surface area contributed by atoms with Gasteiger partial charge in [0.25, 0.3) is 5.91 Å². The maximum absolute atomic E-state index is 12.6. The normalized spacial score (nSPS) is 22.3. The molecular formula is C15H18N2O2. The van der Waals surface area contributed by atoms with E-state index in [1.54, 1.807) is 0 Å². The first-order valence-corrected chi connectivity index (χ1v) is 6.78.